The summed E-state index contributed by atoms with van der Waals surface area (Å²) in [5, 5.41) is 6.53. The summed E-state index contributed by atoms with van der Waals surface area (Å²) in [5.74, 6) is 5.61. The van der Waals surface area contributed by atoms with E-state index in [-0.39, 0.29) is 5.92 Å². The van der Waals surface area contributed by atoms with E-state index in [1.54, 1.807) is 0 Å². The lowest BCUT2D eigenvalue weighted by molar-refractivity contribution is 0.797. The van der Waals surface area contributed by atoms with Gasteiger partial charge in [0.25, 0.3) is 0 Å². The number of nitrogens with zero attached hydrogens (tertiary/aromatic N) is 10. The first-order chi connectivity index (χ1) is 37.3. The minimum atomic E-state index is 0.109. The summed E-state index contributed by atoms with van der Waals surface area (Å²) in [4.78, 5) is 34.8. The van der Waals surface area contributed by atoms with Crippen LogP contribution in [0.15, 0.2) is 188 Å². The highest BCUT2D eigenvalue weighted by atomic mass is 15.0. The molecule has 77 heavy (non-hydrogen) atoms. The molecule has 5 heterocycles. The van der Waals surface area contributed by atoms with Crippen molar-refractivity contribution >= 4 is 54.5 Å². The third kappa shape index (κ3) is 11.0. The van der Waals surface area contributed by atoms with Crippen molar-refractivity contribution in [2.75, 3.05) is 0 Å². The Hall–Kier alpha value is -9.28. The molecule has 0 bridgehead atoms. The molecular weight excluding hydrogens is 945 g/mol. The normalized spacial score (nSPS) is 11.5. The lowest BCUT2D eigenvalue weighted by atomic mass is 9.96. The molecule has 0 spiro atoms. The summed E-state index contributed by atoms with van der Waals surface area (Å²) < 4.78 is 4.52. The van der Waals surface area contributed by atoms with Crippen molar-refractivity contribution in [1.82, 2.24) is 49.0 Å². The number of hydrogen-bond acceptors (Lipinski definition) is 8. The summed E-state index contributed by atoms with van der Waals surface area (Å²) in [5.41, 5.74) is 16.1. The van der Waals surface area contributed by atoms with Crippen LogP contribution < -0.4 is 0 Å². The molecule has 13 aromatic rings. The Kier molecular flexibility index (Phi) is 14.8. The minimum Gasteiger partial charge on any atom is -0.344 e. The van der Waals surface area contributed by atoms with Crippen LogP contribution in [0.25, 0.3) is 77.0 Å². The Morgan fingerprint density at radius 1 is 0.325 bits per heavy atom. The monoisotopic (exact) mass is 1010 g/mol. The average Bonchev–Trinajstić information content (AvgIpc) is 4.03. The van der Waals surface area contributed by atoms with Crippen LogP contribution in [-0.4, -0.2) is 49.0 Å². The van der Waals surface area contributed by atoms with E-state index in [1.165, 1.54) is 77.0 Å². The third-order valence-electron chi connectivity index (χ3n) is 13.9. The van der Waals surface area contributed by atoms with E-state index in [9.17, 15) is 0 Å². The Morgan fingerprint density at radius 2 is 0.766 bits per heavy atom. The van der Waals surface area contributed by atoms with E-state index in [1.807, 2.05) is 96.1 Å². The largest absolute Gasteiger partial charge is 0.344 e. The van der Waals surface area contributed by atoms with E-state index >= 15 is 0 Å². The second-order valence-corrected chi connectivity index (χ2v) is 19.6. The fraction of sp³-hybridized carbons (Fsp3) is 0.164. The number of fused-ring (bicyclic) bond motifs is 10. The second-order valence-electron chi connectivity index (χ2n) is 19.6. The van der Waals surface area contributed by atoms with Gasteiger partial charge in [0.1, 0.15) is 34.9 Å². The average molecular weight is 1010 g/mol. The van der Waals surface area contributed by atoms with E-state index < -0.39 is 0 Å². The molecule has 1 aliphatic rings. The highest BCUT2D eigenvalue weighted by Gasteiger charge is 2.31. The van der Waals surface area contributed by atoms with Crippen LogP contribution in [0.4, 0.5) is 0 Å². The van der Waals surface area contributed by atoms with Crippen LogP contribution >= 0.6 is 0 Å². The molecule has 0 atom stereocenters. The predicted octanol–water partition coefficient (Wildman–Crippen LogP) is 15.3. The van der Waals surface area contributed by atoms with E-state index in [0.29, 0.717) is 0 Å². The van der Waals surface area contributed by atoms with Crippen LogP contribution in [0.3, 0.4) is 0 Å². The molecule has 0 fully saturated rings. The van der Waals surface area contributed by atoms with Crippen molar-refractivity contribution in [2.24, 2.45) is 14.1 Å². The molecule has 10 heteroatoms. The topological polar surface area (TPSA) is 113 Å². The standard InChI is InChI=1S/C18H15N3.2C14H13N.C11H11N3.C10H10N2/c1-11-19-12(2)21-18(20-11)17-15-9-5-3-7-13(15)14-8-4-6-10-16(14)17;1-10-7-8-14-12(9-10)11-5-3-4-6-13(11)15(14)2;1-10-7-8-12-11-5-3-4-6-13(11)15(2)14(12)9-10;1-8-12-9(2)14-11(13-8)10-6-4-3-5-7-10;1-7-9-5-3-4-6-10(9)12-8(2)11-7/h3-10,17H,1-2H3;2*3-9H,1-2H3;3-7H,1-2H3;3-6H,1-2H3. The van der Waals surface area contributed by atoms with Gasteiger partial charge in [0.2, 0.25) is 0 Å². The summed E-state index contributed by atoms with van der Waals surface area (Å²) in [6.45, 7) is 15.8. The van der Waals surface area contributed by atoms with Crippen molar-refractivity contribution in [3.05, 3.63) is 251 Å². The van der Waals surface area contributed by atoms with Crippen molar-refractivity contribution < 1.29 is 0 Å². The lowest BCUT2D eigenvalue weighted by Gasteiger charge is -2.13. The number of rotatable bonds is 2. The first-order valence-corrected chi connectivity index (χ1v) is 26.0. The molecule has 380 valence electrons. The molecule has 10 nitrogen and oxygen atoms in total. The van der Waals surface area contributed by atoms with Gasteiger partial charge in [-0.1, -0.05) is 157 Å². The molecular formula is C67H62N10. The van der Waals surface area contributed by atoms with Gasteiger partial charge >= 0.3 is 0 Å². The van der Waals surface area contributed by atoms with Crippen molar-refractivity contribution in [3.8, 4) is 22.5 Å². The van der Waals surface area contributed by atoms with Crippen LogP contribution in [0, 0.1) is 55.4 Å². The zero-order chi connectivity index (χ0) is 53.7. The first kappa shape index (κ1) is 51.2. The Balaban J connectivity index is 0.000000111. The van der Waals surface area contributed by atoms with E-state index in [2.05, 4.69) is 210 Å². The van der Waals surface area contributed by atoms with Gasteiger partial charge in [-0.25, -0.2) is 39.9 Å². The number of hydrogen-bond donors (Lipinski definition) is 0. The van der Waals surface area contributed by atoms with Gasteiger partial charge in [-0.3, -0.25) is 0 Å². The number of aryl methyl sites for hydroxylation is 10. The molecule has 8 aromatic carbocycles. The van der Waals surface area contributed by atoms with Crippen LogP contribution in [-0.2, 0) is 14.1 Å². The second kappa shape index (κ2) is 22.3. The van der Waals surface area contributed by atoms with E-state index in [4.69, 9.17) is 0 Å². The molecule has 0 amide bonds. The van der Waals surface area contributed by atoms with Gasteiger partial charge in [-0.15, -0.1) is 0 Å². The molecule has 0 radical (unpaired) electrons. The molecule has 0 unspecified atom stereocenters. The highest BCUT2D eigenvalue weighted by Crippen LogP contribution is 2.46. The summed E-state index contributed by atoms with van der Waals surface area (Å²) in [7, 11) is 4.25. The maximum Gasteiger partial charge on any atom is 0.163 e. The number of benzene rings is 8. The fourth-order valence-corrected chi connectivity index (χ4v) is 10.5. The summed E-state index contributed by atoms with van der Waals surface area (Å²) in [6.07, 6.45) is 0. The van der Waals surface area contributed by atoms with Crippen LogP contribution in [0.2, 0.25) is 0 Å². The zero-order valence-electron chi connectivity index (χ0n) is 45.4. The van der Waals surface area contributed by atoms with Crippen LogP contribution in [0.5, 0.6) is 0 Å². The van der Waals surface area contributed by atoms with Gasteiger partial charge in [0.15, 0.2) is 5.82 Å². The fourth-order valence-electron chi connectivity index (χ4n) is 10.5. The molecule has 1 aliphatic carbocycles. The highest BCUT2D eigenvalue weighted by molar-refractivity contribution is 6.09. The Morgan fingerprint density at radius 3 is 1.39 bits per heavy atom. The Bertz CT molecular complexity index is 4160. The van der Waals surface area contributed by atoms with Gasteiger partial charge in [-0.05, 0) is 120 Å². The van der Waals surface area contributed by atoms with Crippen molar-refractivity contribution in [2.45, 2.75) is 61.3 Å². The zero-order valence-corrected chi connectivity index (χ0v) is 45.4. The first-order valence-electron chi connectivity index (χ1n) is 26.0. The molecule has 0 aliphatic heterocycles. The molecule has 0 N–H and O–H groups in total. The smallest absolute Gasteiger partial charge is 0.163 e. The molecule has 0 saturated carbocycles. The van der Waals surface area contributed by atoms with Gasteiger partial charge in [-0.2, -0.15) is 0 Å². The van der Waals surface area contributed by atoms with Gasteiger partial charge in [0.05, 0.1) is 11.4 Å². The summed E-state index contributed by atoms with van der Waals surface area (Å²) in [6, 6.07) is 65.4. The maximum absolute atomic E-state index is 4.59. The van der Waals surface area contributed by atoms with Crippen LogP contribution in [0.1, 0.15) is 68.8 Å². The molecule has 14 rings (SSSR count). The molecule has 0 saturated heterocycles. The van der Waals surface area contributed by atoms with E-state index in [0.717, 1.165) is 62.9 Å². The van der Waals surface area contributed by atoms with Crippen molar-refractivity contribution in [1.29, 1.82) is 0 Å². The maximum atomic E-state index is 4.59. The SMILES string of the molecule is Cc1ccc2c(c1)c1ccccc1n2C.Cc1ccc2c3ccccc3n(C)c2c1.Cc1nc(C)c2ccccc2n1.Cc1nc(C)nc(-c2ccccc2)n1.Cc1nc(C)nc(C2c3ccccc3-c3ccccc32)n1. The Labute approximate surface area is 450 Å². The quantitative estimate of drug-likeness (QED) is 0.168. The lowest BCUT2D eigenvalue weighted by Crippen LogP contribution is -2.09. The van der Waals surface area contributed by atoms with Crippen molar-refractivity contribution in [3.63, 3.8) is 0 Å². The minimum absolute atomic E-state index is 0.109. The number of aromatic nitrogens is 10. The third-order valence-corrected chi connectivity index (χ3v) is 13.9. The predicted molar refractivity (Wildman–Crippen MR) is 316 cm³/mol. The summed E-state index contributed by atoms with van der Waals surface area (Å²) >= 11 is 0. The molecule has 5 aromatic heterocycles. The number of para-hydroxylation sites is 3. The van der Waals surface area contributed by atoms with Gasteiger partial charge < -0.3 is 9.13 Å². The van der Waals surface area contributed by atoms with Gasteiger partial charge in [0, 0.05) is 74.4 Å².